The Morgan fingerprint density at radius 1 is 1.19 bits per heavy atom. The number of thioether (sulfide) groups is 1. The summed E-state index contributed by atoms with van der Waals surface area (Å²) in [6.07, 6.45) is 0.849. The number of likely N-dealkylation sites (tertiary alicyclic amines) is 1. The number of piperidine rings is 1. The molecule has 2 heterocycles. The highest BCUT2D eigenvalue weighted by Gasteiger charge is 2.39. The highest BCUT2D eigenvalue weighted by Crippen LogP contribution is 2.25. The van der Waals surface area contributed by atoms with Gasteiger partial charge in [-0.3, -0.25) is 19.8 Å². The number of hydrogen-bond donors (Lipinski definition) is 3. The van der Waals surface area contributed by atoms with Crippen molar-refractivity contribution in [1.82, 2.24) is 15.5 Å². The van der Waals surface area contributed by atoms with Gasteiger partial charge in [-0.15, -0.1) is 11.8 Å². The molecule has 2 aliphatic heterocycles. The van der Waals surface area contributed by atoms with Gasteiger partial charge in [-0.05, 0) is 48.4 Å². The lowest BCUT2D eigenvalue weighted by Crippen LogP contribution is -2.64. The largest absolute Gasteiger partial charge is 0.331 e. The second-order valence-corrected chi connectivity index (χ2v) is 9.79. The van der Waals surface area contributed by atoms with E-state index in [-0.39, 0.29) is 40.8 Å². The highest BCUT2D eigenvalue weighted by molar-refractivity contribution is 9.10. The zero-order chi connectivity index (χ0) is 21.8. The third-order valence-corrected chi connectivity index (χ3v) is 7.05. The number of halogens is 2. The van der Waals surface area contributed by atoms with E-state index in [1.54, 1.807) is 12.1 Å². The molecule has 2 aliphatic rings. The lowest BCUT2D eigenvalue weighted by atomic mass is 9.89. The van der Waals surface area contributed by atoms with Crippen molar-refractivity contribution in [3.05, 3.63) is 64.4 Å². The van der Waals surface area contributed by atoms with Crippen LogP contribution in [0.4, 0.5) is 10.1 Å². The molecule has 2 aromatic rings. The summed E-state index contributed by atoms with van der Waals surface area (Å²) >= 11 is 4.75. The van der Waals surface area contributed by atoms with Crippen molar-refractivity contribution in [3.8, 4) is 0 Å². The molecule has 0 saturated carbocycles. The summed E-state index contributed by atoms with van der Waals surface area (Å²) in [4.78, 5) is 27.2. The van der Waals surface area contributed by atoms with E-state index in [1.807, 2.05) is 24.3 Å². The van der Waals surface area contributed by atoms with Crippen LogP contribution in [0.15, 0.2) is 53.0 Å². The van der Waals surface area contributed by atoms with Crippen molar-refractivity contribution in [2.75, 3.05) is 24.2 Å². The van der Waals surface area contributed by atoms with Crippen LogP contribution in [-0.4, -0.2) is 47.1 Å². The molecule has 0 spiro atoms. The van der Waals surface area contributed by atoms with E-state index < -0.39 is 0 Å². The molecule has 3 atom stereocenters. The number of benzene rings is 2. The van der Waals surface area contributed by atoms with Crippen LogP contribution in [0.1, 0.15) is 12.0 Å². The first-order chi connectivity index (χ1) is 15.0. The maximum atomic E-state index is 13.1. The van der Waals surface area contributed by atoms with Gasteiger partial charge >= 0.3 is 0 Å². The molecule has 3 N–H and O–H groups in total. The number of carbonyl (C=O) groups excluding carboxylic acids is 2. The van der Waals surface area contributed by atoms with E-state index in [9.17, 15) is 14.0 Å². The van der Waals surface area contributed by atoms with Crippen LogP contribution in [0.2, 0.25) is 0 Å². The van der Waals surface area contributed by atoms with Crippen molar-refractivity contribution in [3.63, 3.8) is 0 Å². The predicted molar refractivity (Wildman–Crippen MR) is 124 cm³/mol. The van der Waals surface area contributed by atoms with Gasteiger partial charge in [0.05, 0.1) is 11.7 Å². The SMILES string of the molecule is O=C(CSC1NC(=O)C2CN(Cc3ccc(F)cc3)CCC2N1)Nc1ccc(Br)cc1. The fourth-order valence-corrected chi connectivity index (χ4v) is 5.05. The molecule has 2 amide bonds. The average molecular weight is 507 g/mol. The van der Waals surface area contributed by atoms with Gasteiger partial charge in [0, 0.05) is 35.8 Å². The van der Waals surface area contributed by atoms with Gasteiger partial charge in [-0.25, -0.2) is 4.39 Å². The maximum absolute atomic E-state index is 13.1. The Balaban J connectivity index is 1.24. The molecule has 2 fully saturated rings. The molecule has 0 radical (unpaired) electrons. The Hall–Kier alpha value is -1.94. The summed E-state index contributed by atoms with van der Waals surface area (Å²) in [5.41, 5.74) is 1.49. The van der Waals surface area contributed by atoms with Gasteiger partial charge in [-0.2, -0.15) is 0 Å². The number of fused-ring (bicyclic) bond motifs is 1. The molecule has 31 heavy (non-hydrogen) atoms. The number of nitrogens with one attached hydrogen (secondary N) is 3. The first kappa shape index (κ1) is 22.3. The summed E-state index contributed by atoms with van der Waals surface area (Å²) in [7, 11) is 0. The van der Waals surface area contributed by atoms with Gasteiger partial charge in [0.25, 0.3) is 0 Å². The van der Waals surface area contributed by atoms with Gasteiger partial charge in [0.2, 0.25) is 11.8 Å². The third kappa shape index (κ3) is 6.06. The third-order valence-electron chi connectivity index (χ3n) is 5.50. The van der Waals surface area contributed by atoms with Gasteiger partial charge in [0.1, 0.15) is 11.3 Å². The fourth-order valence-electron chi connectivity index (χ4n) is 3.93. The van der Waals surface area contributed by atoms with Crippen LogP contribution in [0.3, 0.4) is 0 Å². The molecule has 6 nitrogen and oxygen atoms in total. The van der Waals surface area contributed by atoms with Crippen molar-refractivity contribution in [2.24, 2.45) is 5.92 Å². The number of amides is 2. The van der Waals surface area contributed by atoms with E-state index in [0.717, 1.165) is 28.7 Å². The van der Waals surface area contributed by atoms with Crippen LogP contribution >= 0.6 is 27.7 Å². The summed E-state index contributed by atoms with van der Waals surface area (Å²) < 4.78 is 14.1. The Morgan fingerprint density at radius 3 is 2.68 bits per heavy atom. The van der Waals surface area contributed by atoms with Crippen LogP contribution in [-0.2, 0) is 16.1 Å². The Morgan fingerprint density at radius 2 is 1.94 bits per heavy atom. The number of nitrogens with zero attached hydrogens (tertiary/aromatic N) is 1. The van der Waals surface area contributed by atoms with Gasteiger partial charge in [-0.1, -0.05) is 28.1 Å². The molecule has 0 aliphatic carbocycles. The van der Waals surface area contributed by atoms with Crippen LogP contribution in [0.5, 0.6) is 0 Å². The van der Waals surface area contributed by atoms with Crippen LogP contribution in [0, 0.1) is 11.7 Å². The molecule has 4 rings (SSSR count). The lowest BCUT2D eigenvalue weighted by Gasteiger charge is -2.43. The second-order valence-electron chi connectivity index (χ2n) is 7.78. The van der Waals surface area contributed by atoms with E-state index in [2.05, 4.69) is 36.8 Å². The summed E-state index contributed by atoms with van der Waals surface area (Å²) in [6.45, 7) is 2.22. The summed E-state index contributed by atoms with van der Waals surface area (Å²) in [6, 6.07) is 14.0. The van der Waals surface area contributed by atoms with Crippen molar-refractivity contribution in [1.29, 1.82) is 0 Å². The number of rotatable bonds is 6. The zero-order valence-corrected chi connectivity index (χ0v) is 19.2. The first-order valence-electron chi connectivity index (χ1n) is 10.2. The number of hydrogen-bond acceptors (Lipinski definition) is 5. The standard InChI is InChI=1S/C22H24BrFN4O2S/c23-15-3-7-17(8-4-15)25-20(29)13-31-22-26-19-9-10-28(12-18(19)21(30)27-22)11-14-1-5-16(24)6-2-14/h1-8,18-19,22,26H,9-13H2,(H,25,29)(H,27,30). The van der Waals surface area contributed by atoms with Crippen LogP contribution in [0.25, 0.3) is 0 Å². The van der Waals surface area contributed by atoms with E-state index in [1.165, 1.54) is 23.9 Å². The van der Waals surface area contributed by atoms with E-state index in [4.69, 9.17) is 0 Å². The highest BCUT2D eigenvalue weighted by atomic mass is 79.9. The number of carbonyl (C=O) groups is 2. The monoisotopic (exact) mass is 506 g/mol. The molecular weight excluding hydrogens is 483 g/mol. The number of anilines is 1. The molecule has 2 saturated heterocycles. The normalized spacial score (nSPS) is 23.7. The van der Waals surface area contributed by atoms with Crippen molar-refractivity contribution < 1.29 is 14.0 Å². The van der Waals surface area contributed by atoms with Crippen molar-refractivity contribution in [2.45, 2.75) is 24.5 Å². The molecule has 3 unspecified atom stereocenters. The average Bonchev–Trinajstić information content (AvgIpc) is 2.76. The van der Waals surface area contributed by atoms with E-state index >= 15 is 0 Å². The summed E-state index contributed by atoms with van der Waals surface area (Å²) in [5.74, 6) is -0.241. The molecule has 2 aromatic carbocycles. The Bertz CT molecular complexity index is 928. The molecule has 164 valence electrons. The summed E-state index contributed by atoms with van der Waals surface area (Å²) in [5, 5.41) is 9.32. The molecule has 0 aromatic heterocycles. The maximum Gasteiger partial charge on any atom is 0.234 e. The Kier molecular flexibility index (Phi) is 7.27. The zero-order valence-electron chi connectivity index (χ0n) is 16.8. The lowest BCUT2D eigenvalue weighted by molar-refractivity contribution is -0.130. The van der Waals surface area contributed by atoms with E-state index in [0.29, 0.717) is 13.1 Å². The Labute approximate surface area is 193 Å². The van der Waals surface area contributed by atoms with Crippen molar-refractivity contribution >= 4 is 45.2 Å². The van der Waals surface area contributed by atoms with Gasteiger partial charge < -0.3 is 10.6 Å². The van der Waals surface area contributed by atoms with Gasteiger partial charge in [0.15, 0.2) is 0 Å². The smallest absolute Gasteiger partial charge is 0.234 e. The quantitative estimate of drug-likeness (QED) is 0.561. The minimum absolute atomic E-state index is 0.0124. The predicted octanol–water partition coefficient (Wildman–Crippen LogP) is 3.15. The fraction of sp³-hybridized carbons (Fsp3) is 0.364. The molecule has 0 bridgehead atoms. The topological polar surface area (TPSA) is 73.5 Å². The molecular formula is C22H24BrFN4O2S. The minimum Gasteiger partial charge on any atom is -0.331 e. The minimum atomic E-state index is -0.284. The second kappa shape index (κ2) is 10.1. The molecule has 9 heteroatoms. The first-order valence-corrected chi connectivity index (χ1v) is 12.0. The van der Waals surface area contributed by atoms with Crippen LogP contribution < -0.4 is 16.0 Å².